The Kier molecular flexibility index (Phi) is 13.1. The normalized spacial score (nSPS) is 10.5. The van der Waals surface area contributed by atoms with E-state index in [1.54, 1.807) is 91.2 Å². The zero-order valence-electron chi connectivity index (χ0n) is 24.6. The van der Waals surface area contributed by atoms with Crippen molar-refractivity contribution < 1.29 is 27.5 Å². The number of aliphatic carboxylic acids is 1. The summed E-state index contributed by atoms with van der Waals surface area (Å²) in [6.07, 6.45) is 8.08. The molecule has 16 heteroatoms. The fourth-order valence-corrected chi connectivity index (χ4v) is 4.80. The zero-order chi connectivity index (χ0) is 34.0. The molecule has 4 aromatic heterocycles. The van der Waals surface area contributed by atoms with Gasteiger partial charge in [-0.15, -0.1) is 0 Å². The van der Waals surface area contributed by atoms with Gasteiger partial charge in [-0.2, -0.15) is 10.2 Å². The maximum atomic E-state index is 13.3. The number of carboxylic acids is 1. The average molecular weight is 715 g/mol. The van der Waals surface area contributed by atoms with Crippen molar-refractivity contribution in [2.24, 2.45) is 18.4 Å². The number of fused-ring (bicyclic) bond motifs is 2. The van der Waals surface area contributed by atoms with Gasteiger partial charge in [-0.25, -0.2) is 17.6 Å². The van der Waals surface area contributed by atoms with Gasteiger partial charge in [-0.3, -0.25) is 24.1 Å². The summed E-state index contributed by atoms with van der Waals surface area (Å²) >= 11 is 6.53. The first kappa shape index (κ1) is 36.0. The van der Waals surface area contributed by atoms with Crippen LogP contribution >= 0.6 is 28.7 Å². The molecule has 0 fully saturated rings. The van der Waals surface area contributed by atoms with Crippen molar-refractivity contribution in [2.75, 3.05) is 0 Å². The van der Waals surface area contributed by atoms with Crippen LogP contribution in [0.1, 0.15) is 30.9 Å². The number of nitrogens with zero attached hydrogens (tertiary/aromatic N) is 7. The molecular formula is C30H26BBrF4N7O2S. The predicted octanol–water partition coefficient (Wildman–Crippen LogP) is 8.18. The van der Waals surface area contributed by atoms with Crippen LogP contribution in [0.3, 0.4) is 0 Å². The number of alkyl halides is 4. The van der Waals surface area contributed by atoms with Gasteiger partial charge < -0.3 is 5.11 Å². The van der Waals surface area contributed by atoms with E-state index in [0.717, 1.165) is 28.5 Å². The first-order valence-electron chi connectivity index (χ1n) is 13.1. The first-order valence-corrected chi connectivity index (χ1v) is 14.3. The molecule has 6 aromatic rings. The predicted molar refractivity (Wildman–Crippen MR) is 176 cm³/mol. The van der Waals surface area contributed by atoms with E-state index < -0.39 is 18.8 Å². The third kappa shape index (κ3) is 9.53. The molecule has 0 amide bonds. The molecule has 0 atom stereocenters. The Labute approximate surface area is 276 Å². The summed E-state index contributed by atoms with van der Waals surface area (Å²) in [6, 6.07) is 8.22. The van der Waals surface area contributed by atoms with Crippen LogP contribution in [0, 0.1) is 0 Å². The van der Waals surface area contributed by atoms with Crippen LogP contribution in [0.25, 0.3) is 43.8 Å². The molecule has 4 heterocycles. The Hall–Kier alpha value is -4.44. The monoisotopic (exact) mass is 714 g/mol. The Morgan fingerprint density at radius 3 is 1.80 bits per heavy atom. The molecule has 0 aliphatic rings. The number of aromatic nitrogens is 6. The van der Waals surface area contributed by atoms with Gasteiger partial charge >= 0.3 is 24.8 Å². The van der Waals surface area contributed by atoms with Gasteiger partial charge in [0.15, 0.2) is 0 Å². The molecular weight excluding hydrogens is 689 g/mol. The van der Waals surface area contributed by atoms with Crippen molar-refractivity contribution in [2.45, 2.75) is 19.8 Å². The molecule has 0 aliphatic carbocycles. The molecule has 0 saturated heterocycles. The van der Waals surface area contributed by atoms with Gasteiger partial charge in [0.1, 0.15) is 0 Å². The Bertz CT molecular complexity index is 1950. The van der Waals surface area contributed by atoms with Crippen LogP contribution in [0.15, 0.2) is 88.7 Å². The van der Waals surface area contributed by atoms with E-state index in [0.29, 0.717) is 26.7 Å². The van der Waals surface area contributed by atoms with E-state index >= 15 is 0 Å². The molecule has 9 nitrogen and oxygen atoms in total. The fraction of sp³-hybridized carbons (Fsp3) is 0.167. The van der Waals surface area contributed by atoms with Gasteiger partial charge in [-0.1, -0.05) is 0 Å². The zero-order valence-corrected chi connectivity index (χ0v) is 27.0. The standard InChI is InChI=1S/C14H10BrF2N3.C14H11F2N3.C2H4O2.BHNS/c1-20-7-9(5-19-20)10-2-8-4-18-6-13(15)11(8)3-12(10)14(16)17;1-19-8-11(7-18-19)12-5-10-6-17-3-2-9(10)4-13(12)14(15)16;1-2(3)4;1-2-3/h2-7,14H,1H3;2-8,14H,1H3;1H3,(H,3,4);3H. The van der Waals surface area contributed by atoms with Crippen LogP contribution in [-0.2, 0) is 18.9 Å². The number of thiol groups is 1. The van der Waals surface area contributed by atoms with E-state index in [-0.39, 0.29) is 11.1 Å². The molecule has 237 valence electrons. The van der Waals surface area contributed by atoms with Gasteiger partial charge in [0.25, 0.3) is 18.8 Å². The Morgan fingerprint density at radius 1 is 0.848 bits per heavy atom. The van der Waals surface area contributed by atoms with Crippen LogP contribution in [0.5, 0.6) is 0 Å². The Balaban J connectivity index is 0.000000209. The van der Waals surface area contributed by atoms with Crippen molar-refractivity contribution in [3.05, 3.63) is 95.5 Å². The molecule has 0 spiro atoms. The summed E-state index contributed by atoms with van der Waals surface area (Å²) in [5.74, 6) is -0.833. The third-order valence-corrected chi connectivity index (χ3v) is 6.82. The van der Waals surface area contributed by atoms with Gasteiger partial charge in [-0.05, 0) is 68.2 Å². The van der Waals surface area contributed by atoms with Crippen molar-refractivity contribution in [3.63, 3.8) is 0 Å². The summed E-state index contributed by atoms with van der Waals surface area (Å²) in [5.41, 5.74) is 2.36. The minimum atomic E-state index is -2.55. The molecule has 0 bridgehead atoms. The summed E-state index contributed by atoms with van der Waals surface area (Å²) in [5, 5.41) is 18.6. The second-order valence-corrected chi connectivity index (χ2v) is 10.6. The molecule has 0 unspecified atom stereocenters. The minimum absolute atomic E-state index is 0.00241. The first-order chi connectivity index (χ1) is 21.9. The number of pyridine rings is 2. The number of halogens is 5. The topological polar surface area (TPSA) is 111 Å². The number of carbonyl (C=O) groups is 1. The fourth-order valence-electron chi connectivity index (χ4n) is 4.33. The number of aryl methyl sites for hydroxylation is 2. The summed E-state index contributed by atoms with van der Waals surface area (Å²) < 4.78 is 59.6. The average Bonchev–Trinajstić information content (AvgIpc) is 3.64. The number of rotatable bonds is 4. The molecule has 0 saturated carbocycles. The SMILES string of the molecule is CC(=O)O.Cn1cc(-c2cc3cncc(Br)c3cc2C(F)F)cn1.Cn1cc(-c2cc3cnccc3cc2C(F)F)cn1.[B]=NS. The molecule has 1 N–H and O–H groups in total. The molecule has 1 radical (unpaired) electrons. The second kappa shape index (κ2) is 16.8. The number of benzene rings is 2. The number of hydrogen-bond donors (Lipinski definition) is 2. The van der Waals surface area contributed by atoms with E-state index in [9.17, 15) is 17.6 Å². The van der Waals surface area contributed by atoms with E-state index in [1.807, 2.05) is 0 Å². The molecule has 46 heavy (non-hydrogen) atoms. The van der Waals surface area contributed by atoms with E-state index in [4.69, 9.17) is 9.90 Å². The Morgan fingerprint density at radius 2 is 1.33 bits per heavy atom. The van der Waals surface area contributed by atoms with Crippen LogP contribution in [0.2, 0.25) is 0 Å². The van der Waals surface area contributed by atoms with Gasteiger partial charge in [0, 0.05) is 95.7 Å². The van der Waals surface area contributed by atoms with Crippen LogP contribution in [-0.4, -0.2) is 48.2 Å². The quantitative estimate of drug-likeness (QED) is 0.108. The van der Waals surface area contributed by atoms with Crippen molar-refractivity contribution in [1.82, 2.24) is 29.5 Å². The van der Waals surface area contributed by atoms with Crippen molar-refractivity contribution in [1.29, 1.82) is 0 Å². The van der Waals surface area contributed by atoms with Crippen molar-refractivity contribution in [3.8, 4) is 22.3 Å². The summed E-state index contributed by atoms with van der Waals surface area (Å²) in [6.45, 7) is 1.08. The molecule has 6 rings (SSSR count). The maximum absolute atomic E-state index is 13.3. The molecule has 0 aliphatic heterocycles. The van der Waals surface area contributed by atoms with Crippen LogP contribution < -0.4 is 0 Å². The summed E-state index contributed by atoms with van der Waals surface area (Å²) in [7, 11) is 7.85. The third-order valence-electron chi connectivity index (χ3n) is 6.19. The molecule has 2 aromatic carbocycles. The van der Waals surface area contributed by atoms with Crippen LogP contribution in [0.4, 0.5) is 17.6 Å². The van der Waals surface area contributed by atoms with Gasteiger partial charge in [0.05, 0.1) is 12.4 Å². The van der Waals surface area contributed by atoms with Crippen molar-refractivity contribution >= 4 is 63.9 Å². The van der Waals surface area contributed by atoms with Gasteiger partial charge in [0.2, 0.25) is 0 Å². The van der Waals surface area contributed by atoms with E-state index in [1.165, 1.54) is 12.1 Å². The summed E-state index contributed by atoms with van der Waals surface area (Å²) in [4.78, 5) is 17.1. The van der Waals surface area contributed by atoms with E-state index in [2.05, 4.69) is 60.8 Å². The number of carboxylic acid groups (broad SMARTS) is 1. The number of hydrogen-bond acceptors (Lipinski definition) is 7. The second-order valence-electron chi connectivity index (χ2n) is 9.49.